The van der Waals surface area contributed by atoms with Gasteiger partial charge in [-0.15, -0.1) is 12.6 Å². The van der Waals surface area contributed by atoms with E-state index in [9.17, 15) is 10.1 Å². The molecular formula is C18H17BrN2OS. The van der Waals surface area contributed by atoms with Gasteiger partial charge in [0.05, 0.1) is 17.6 Å². The third-order valence-corrected chi connectivity index (χ3v) is 5.37. The maximum absolute atomic E-state index is 12.8. The van der Waals surface area contributed by atoms with Gasteiger partial charge >= 0.3 is 0 Å². The van der Waals surface area contributed by atoms with Crippen LogP contribution in [0.2, 0.25) is 0 Å². The summed E-state index contributed by atoms with van der Waals surface area (Å²) < 4.78 is 0.968. The molecule has 5 heteroatoms. The number of aliphatic imine (C=N–C) groups is 1. The molecule has 0 bridgehead atoms. The smallest absolute Gasteiger partial charge is 0.143 e. The Bertz CT molecular complexity index is 771. The first-order valence-corrected chi connectivity index (χ1v) is 8.75. The Morgan fingerprint density at radius 2 is 1.91 bits per heavy atom. The molecule has 1 saturated carbocycles. The average molecular weight is 389 g/mol. The molecule has 118 valence electrons. The van der Waals surface area contributed by atoms with E-state index in [-0.39, 0.29) is 23.0 Å². The number of ketones is 1. The number of carbonyl (C=O) groups excluding carboxylic acids is 1. The SMILES string of the molecule is CC1(C)CC(=O)C2C(=NC(S)=C(C#N)[C@H]2c2ccc(Br)cc2)C1. The lowest BCUT2D eigenvalue weighted by molar-refractivity contribution is -0.124. The van der Waals surface area contributed by atoms with E-state index in [0.29, 0.717) is 17.0 Å². The van der Waals surface area contributed by atoms with Crippen LogP contribution in [-0.2, 0) is 4.79 Å². The lowest BCUT2D eigenvalue weighted by Gasteiger charge is -2.40. The molecule has 1 aliphatic heterocycles. The Morgan fingerprint density at radius 3 is 2.52 bits per heavy atom. The van der Waals surface area contributed by atoms with Crippen molar-refractivity contribution in [2.75, 3.05) is 0 Å². The largest absolute Gasteiger partial charge is 0.299 e. The first-order chi connectivity index (χ1) is 10.8. The van der Waals surface area contributed by atoms with Crippen molar-refractivity contribution in [2.45, 2.75) is 32.6 Å². The molecule has 23 heavy (non-hydrogen) atoms. The molecule has 0 spiro atoms. The van der Waals surface area contributed by atoms with Crippen LogP contribution in [0.1, 0.15) is 38.2 Å². The molecule has 1 heterocycles. The molecule has 0 saturated heterocycles. The van der Waals surface area contributed by atoms with Crippen LogP contribution in [0, 0.1) is 22.7 Å². The zero-order valence-corrected chi connectivity index (χ0v) is 15.5. The fourth-order valence-electron chi connectivity index (χ4n) is 3.57. The van der Waals surface area contributed by atoms with Gasteiger partial charge < -0.3 is 0 Å². The lowest BCUT2D eigenvalue weighted by atomic mass is 9.64. The van der Waals surface area contributed by atoms with Gasteiger partial charge in [0, 0.05) is 22.5 Å². The van der Waals surface area contributed by atoms with Gasteiger partial charge in [-0.1, -0.05) is 41.9 Å². The Balaban J connectivity index is 2.14. The number of allylic oxidation sites excluding steroid dienone is 1. The van der Waals surface area contributed by atoms with Crippen molar-refractivity contribution in [3.05, 3.63) is 44.9 Å². The van der Waals surface area contributed by atoms with Crippen molar-refractivity contribution in [3.63, 3.8) is 0 Å². The van der Waals surface area contributed by atoms with Crippen LogP contribution in [-0.4, -0.2) is 11.5 Å². The van der Waals surface area contributed by atoms with Crippen LogP contribution in [0.15, 0.2) is 44.3 Å². The second kappa shape index (κ2) is 5.92. The number of benzene rings is 1. The number of rotatable bonds is 1. The first kappa shape index (κ1) is 16.5. The summed E-state index contributed by atoms with van der Waals surface area (Å²) in [4.78, 5) is 17.3. The number of halogens is 1. The number of nitriles is 1. The molecule has 1 unspecified atom stereocenters. The Kier molecular flexibility index (Phi) is 4.24. The van der Waals surface area contributed by atoms with Gasteiger partial charge in [-0.3, -0.25) is 4.79 Å². The monoisotopic (exact) mass is 388 g/mol. The lowest BCUT2D eigenvalue weighted by Crippen LogP contribution is -2.42. The summed E-state index contributed by atoms with van der Waals surface area (Å²) in [6.45, 7) is 4.17. The summed E-state index contributed by atoms with van der Waals surface area (Å²) in [6, 6.07) is 10.0. The van der Waals surface area contributed by atoms with Crippen LogP contribution in [0.3, 0.4) is 0 Å². The molecule has 0 aromatic heterocycles. The first-order valence-electron chi connectivity index (χ1n) is 7.51. The molecule has 0 radical (unpaired) electrons. The summed E-state index contributed by atoms with van der Waals surface area (Å²) in [5.74, 6) is -0.451. The van der Waals surface area contributed by atoms with Crippen LogP contribution in [0.25, 0.3) is 0 Å². The van der Waals surface area contributed by atoms with Crippen LogP contribution < -0.4 is 0 Å². The zero-order valence-electron chi connectivity index (χ0n) is 13.0. The minimum absolute atomic E-state index is 0.0884. The van der Waals surface area contributed by atoms with E-state index in [1.54, 1.807) is 0 Å². The Hall–Kier alpha value is -1.38. The van der Waals surface area contributed by atoms with Gasteiger partial charge in [-0.25, -0.2) is 4.99 Å². The normalized spacial score (nSPS) is 26.4. The van der Waals surface area contributed by atoms with Crippen molar-refractivity contribution in [2.24, 2.45) is 16.3 Å². The third kappa shape index (κ3) is 3.02. The molecule has 1 aliphatic carbocycles. The van der Waals surface area contributed by atoms with E-state index in [4.69, 9.17) is 0 Å². The highest BCUT2D eigenvalue weighted by atomic mass is 79.9. The van der Waals surface area contributed by atoms with Crippen LogP contribution in [0.5, 0.6) is 0 Å². The quantitative estimate of drug-likeness (QED) is 0.711. The Morgan fingerprint density at radius 1 is 1.26 bits per heavy atom. The molecule has 2 aliphatic rings. The summed E-state index contributed by atoms with van der Waals surface area (Å²) in [5.41, 5.74) is 2.22. The van der Waals surface area contributed by atoms with E-state index in [1.807, 2.05) is 24.3 Å². The van der Waals surface area contributed by atoms with Gasteiger partial charge in [-0.2, -0.15) is 5.26 Å². The number of fused-ring (bicyclic) bond motifs is 1. The zero-order chi connectivity index (χ0) is 16.8. The standard InChI is InChI=1S/C18H17BrN2OS/c1-18(2)7-13-16(14(22)8-18)15(12(9-20)17(23)21-13)10-3-5-11(19)6-4-10/h3-6,15-16,23H,7-8H2,1-2H3/t15-,16?/m1/s1. The minimum atomic E-state index is -0.338. The number of nitrogens with zero attached hydrogens (tertiary/aromatic N) is 2. The van der Waals surface area contributed by atoms with Crippen molar-refractivity contribution in [3.8, 4) is 6.07 Å². The van der Waals surface area contributed by atoms with Crippen molar-refractivity contribution < 1.29 is 4.79 Å². The molecular weight excluding hydrogens is 372 g/mol. The highest BCUT2D eigenvalue weighted by Gasteiger charge is 2.46. The molecule has 1 fully saturated rings. The van der Waals surface area contributed by atoms with Crippen molar-refractivity contribution >= 4 is 40.1 Å². The molecule has 0 N–H and O–H groups in total. The maximum atomic E-state index is 12.8. The van der Waals surface area contributed by atoms with Gasteiger partial charge in [0.2, 0.25) is 0 Å². The number of thiol groups is 1. The number of carbonyl (C=O) groups is 1. The van der Waals surface area contributed by atoms with Gasteiger partial charge in [0.1, 0.15) is 10.8 Å². The van der Waals surface area contributed by atoms with Gasteiger partial charge in [0.25, 0.3) is 0 Å². The predicted molar refractivity (Wildman–Crippen MR) is 97.5 cm³/mol. The minimum Gasteiger partial charge on any atom is -0.299 e. The summed E-state index contributed by atoms with van der Waals surface area (Å²) in [5, 5.41) is 10.0. The van der Waals surface area contributed by atoms with Crippen LogP contribution >= 0.6 is 28.6 Å². The fourth-order valence-corrected chi connectivity index (χ4v) is 4.15. The molecule has 0 amide bonds. The number of Topliss-reactive ketones (excluding diaryl/α,β-unsaturated/α-hetero) is 1. The van der Waals surface area contributed by atoms with E-state index < -0.39 is 0 Å². The third-order valence-electron chi connectivity index (χ3n) is 4.50. The topological polar surface area (TPSA) is 53.2 Å². The predicted octanol–water partition coefficient (Wildman–Crippen LogP) is 4.66. The molecule has 3 rings (SSSR count). The van der Waals surface area contributed by atoms with Crippen molar-refractivity contribution in [1.29, 1.82) is 5.26 Å². The van der Waals surface area contributed by atoms with E-state index >= 15 is 0 Å². The molecule has 1 aromatic carbocycles. The number of hydrogen-bond donors (Lipinski definition) is 1. The highest BCUT2D eigenvalue weighted by Crippen LogP contribution is 2.47. The summed E-state index contributed by atoms with van der Waals surface area (Å²) in [6.07, 6.45) is 1.28. The second-order valence-electron chi connectivity index (χ2n) is 6.94. The van der Waals surface area contributed by atoms with Gasteiger partial charge in [0.15, 0.2) is 0 Å². The van der Waals surface area contributed by atoms with E-state index in [2.05, 4.69) is 53.5 Å². The second-order valence-corrected chi connectivity index (χ2v) is 8.28. The average Bonchev–Trinajstić information content (AvgIpc) is 2.45. The number of hydrogen-bond acceptors (Lipinski definition) is 4. The van der Waals surface area contributed by atoms with Gasteiger partial charge in [-0.05, 0) is 29.5 Å². The highest BCUT2D eigenvalue weighted by molar-refractivity contribution is 9.10. The Labute approximate surface area is 150 Å². The van der Waals surface area contributed by atoms with Crippen molar-refractivity contribution in [1.82, 2.24) is 0 Å². The fraction of sp³-hybridized carbons (Fsp3) is 0.389. The molecule has 2 atom stereocenters. The summed E-state index contributed by atoms with van der Waals surface area (Å²) in [7, 11) is 0. The van der Waals surface area contributed by atoms with E-state index in [0.717, 1.165) is 22.2 Å². The van der Waals surface area contributed by atoms with E-state index in [1.165, 1.54) is 0 Å². The summed E-state index contributed by atoms with van der Waals surface area (Å²) >= 11 is 7.84. The maximum Gasteiger partial charge on any atom is 0.143 e. The molecule has 3 nitrogen and oxygen atoms in total. The molecule has 1 aromatic rings. The van der Waals surface area contributed by atoms with Crippen LogP contribution in [0.4, 0.5) is 0 Å².